The van der Waals surface area contributed by atoms with Crippen molar-refractivity contribution >= 4 is 6.16 Å². The van der Waals surface area contributed by atoms with E-state index in [0.717, 1.165) is 0 Å². The minimum atomic E-state index is -2.33. The second kappa shape index (κ2) is 44.5. The van der Waals surface area contributed by atoms with E-state index >= 15 is 0 Å². The number of rotatable bonds is 0. The van der Waals surface area contributed by atoms with Gasteiger partial charge in [0.05, 0.1) is 0 Å². The maximum atomic E-state index is 8.33. The van der Waals surface area contributed by atoms with Crippen LogP contribution in [0.3, 0.4) is 0 Å². The van der Waals surface area contributed by atoms with E-state index in [-0.39, 0.29) is 149 Å². The van der Waals surface area contributed by atoms with Crippen LogP contribution < -0.4 is 113 Å². The van der Waals surface area contributed by atoms with Crippen molar-refractivity contribution in [1.29, 1.82) is 0 Å². The van der Waals surface area contributed by atoms with Gasteiger partial charge < -0.3 is 35.4 Å². The van der Waals surface area contributed by atoms with Gasteiger partial charge in [-0.05, 0) is 61.5 Å². The number of carbonyl (C=O) groups excluding carboxylic acids is 1. The van der Waals surface area contributed by atoms with E-state index < -0.39 is 6.16 Å². The van der Waals surface area contributed by atoms with E-state index in [9.17, 15) is 0 Å². The number of aliphatic hydroxyl groups is 4. The van der Waals surface area contributed by atoms with Crippen LogP contribution in [0.2, 0.25) is 0 Å². The molecule has 0 fully saturated rings. The smallest absolute Gasteiger partial charge is 0.652 e. The third-order valence-electron chi connectivity index (χ3n) is 0. The monoisotopic (exact) mass is 426 g/mol. The minimum Gasteiger partial charge on any atom is -0.652 e. The molecule has 0 spiro atoms. The summed E-state index contributed by atoms with van der Waals surface area (Å²) in [6.45, 7) is 13.8. The first-order valence-electron chi connectivity index (χ1n) is 6.26. The topological polar surface area (TPSA) is 144 Å². The van der Waals surface area contributed by atoms with Crippen molar-refractivity contribution in [3.05, 3.63) is 0 Å². The standard InChI is InChI=1S/4C3H8O.CH2O3.2K.Ti/c4*1-3(2)4;2-1(3)4;;;/h4*3-4H,1-2H3;(H2,2,3,4);;;/q;;;;;2*+1;/p-2. The van der Waals surface area contributed by atoms with Gasteiger partial charge in [0.2, 0.25) is 0 Å². The Morgan fingerprint density at radius 3 is 0.609 bits per heavy atom. The third-order valence-corrected chi connectivity index (χ3v) is 0. The predicted molar refractivity (Wildman–Crippen MR) is 74.8 cm³/mol. The summed E-state index contributed by atoms with van der Waals surface area (Å²) in [5.74, 6) is 0. The molecule has 0 aromatic heterocycles. The van der Waals surface area contributed by atoms with E-state index in [1.807, 2.05) is 0 Å². The number of carbonyl (C=O) groups is 1. The van der Waals surface area contributed by atoms with E-state index in [4.69, 9.17) is 35.4 Å². The quantitative estimate of drug-likeness (QED) is 0.282. The molecule has 0 radical (unpaired) electrons. The van der Waals surface area contributed by atoms with Crippen LogP contribution in [-0.4, -0.2) is 51.0 Å². The van der Waals surface area contributed by atoms with Crippen LogP contribution >= 0.6 is 0 Å². The Hall–Kier alpha value is 3.10. The van der Waals surface area contributed by atoms with Crippen molar-refractivity contribution in [1.82, 2.24) is 0 Å². The van der Waals surface area contributed by atoms with Gasteiger partial charge in [0, 0.05) is 46.1 Å². The first-order chi connectivity index (χ1) is 8.66. The maximum absolute atomic E-state index is 8.33. The fourth-order valence-corrected chi connectivity index (χ4v) is 0. The normalized spacial score (nSPS) is 7.30. The SMILES string of the molecule is CC(C)O.CC(C)O.CC(C)O.CC(C)O.O=C([O-])[O-].[K+].[K+].[Ti]. The third kappa shape index (κ3) is 1400. The molecule has 132 valence electrons. The molecule has 0 bridgehead atoms. The van der Waals surface area contributed by atoms with E-state index in [0.29, 0.717) is 0 Å². The first kappa shape index (κ1) is 50.2. The van der Waals surface area contributed by atoms with Gasteiger partial charge in [-0.1, -0.05) is 0 Å². The molecular formula is C13H32K2O7Ti. The van der Waals surface area contributed by atoms with E-state index in [1.165, 1.54) is 0 Å². The molecule has 0 saturated heterocycles. The van der Waals surface area contributed by atoms with Crippen molar-refractivity contribution in [3.63, 3.8) is 0 Å². The van der Waals surface area contributed by atoms with Crippen LogP contribution in [0.4, 0.5) is 4.79 Å². The van der Waals surface area contributed by atoms with Crippen molar-refractivity contribution in [2.45, 2.75) is 79.8 Å². The largest absolute Gasteiger partial charge is 1.00 e. The summed E-state index contributed by atoms with van der Waals surface area (Å²) in [5, 5.41) is 48.9. The number of hydrogen-bond donors (Lipinski definition) is 4. The molecule has 0 aliphatic carbocycles. The Morgan fingerprint density at radius 2 is 0.609 bits per heavy atom. The zero-order valence-electron chi connectivity index (χ0n) is 16.3. The second-order valence-corrected chi connectivity index (χ2v) is 4.62. The van der Waals surface area contributed by atoms with Crippen molar-refractivity contribution in [3.8, 4) is 0 Å². The van der Waals surface area contributed by atoms with Crippen molar-refractivity contribution in [2.24, 2.45) is 0 Å². The molecule has 0 rings (SSSR count). The van der Waals surface area contributed by atoms with Gasteiger partial charge in [-0.15, -0.1) is 0 Å². The Labute approximate surface area is 241 Å². The molecular weight excluding hydrogens is 394 g/mol. The van der Waals surface area contributed by atoms with E-state index in [2.05, 4.69) is 0 Å². The zero-order valence-corrected chi connectivity index (χ0v) is 24.1. The Morgan fingerprint density at radius 1 is 0.609 bits per heavy atom. The molecule has 0 aromatic carbocycles. The van der Waals surface area contributed by atoms with Crippen LogP contribution in [-0.2, 0) is 21.7 Å². The molecule has 4 N–H and O–H groups in total. The molecule has 0 aliphatic rings. The van der Waals surface area contributed by atoms with Crippen LogP contribution in [0, 0.1) is 0 Å². The summed E-state index contributed by atoms with van der Waals surface area (Å²) in [7, 11) is 0. The van der Waals surface area contributed by atoms with Crippen LogP contribution in [0.1, 0.15) is 55.4 Å². The average molecular weight is 426 g/mol. The van der Waals surface area contributed by atoms with Gasteiger partial charge in [-0.2, -0.15) is 0 Å². The Balaban J connectivity index is -0.0000000197. The number of carboxylic acid groups (broad SMARTS) is 2. The average Bonchev–Trinajstić information content (AvgIpc) is 1.94. The molecule has 23 heavy (non-hydrogen) atoms. The molecule has 0 aliphatic heterocycles. The summed E-state index contributed by atoms with van der Waals surface area (Å²) in [4.78, 5) is 8.33. The molecule has 7 nitrogen and oxygen atoms in total. The maximum Gasteiger partial charge on any atom is 1.00 e. The molecule has 0 aromatic rings. The summed E-state index contributed by atoms with van der Waals surface area (Å²) in [5.41, 5.74) is 0. The van der Waals surface area contributed by atoms with Gasteiger partial charge >= 0.3 is 103 Å². The summed E-state index contributed by atoms with van der Waals surface area (Å²) in [6, 6.07) is 0. The molecule has 0 heterocycles. The fourth-order valence-electron chi connectivity index (χ4n) is 0. The molecule has 10 heteroatoms. The second-order valence-electron chi connectivity index (χ2n) is 4.62. The minimum absolute atomic E-state index is 0. The van der Waals surface area contributed by atoms with Gasteiger partial charge in [-0.25, -0.2) is 0 Å². The summed E-state index contributed by atoms with van der Waals surface area (Å²) >= 11 is 0. The molecule has 0 atom stereocenters. The van der Waals surface area contributed by atoms with Crippen LogP contribution in [0.5, 0.6) is 0 Å². The zero-order chi connectivity index (χ0) is 17.9. The van der Waals surface area contributed by atoms with E-state index in [1.54, 1.807) is 55.4 Å². The van der Waals surface area contributed by atoms with Gasteiger partial charge in [0.25, 0.3) is 0 Å². The van der Waals surface area contributed by atoms with Crippen molar-refractivity contribution < 1.29 is 160 Å². The number of hydrogen-bond acceptors (Lipinski definition) is 7. The Kier molecular flexibility index (Phi) is 97.1. The first-order valence-corrected chi connectivity index (χ1v) is 6.26. The summed E-state index contributed by atoms with van der Waals surface area (Å²) in [6.07, 6.45) is -3.00. The Bertz CT molecular complexity index is 133. The van der Waals surface area contributed by atoms with Crippen LogP contribution in [0.15, 0.2) is 0 Å². The van der Waals surface area contributed by atoms with Gasteiger partial charge in [-0.3, -0.25) is 0 Å². The van der Waals surface area contributed by atoms with Crippen LogP contribution in [0.25, 0.3) is 0 Å². The molecule has 0 unspecified atom stereocenters. The van der Waals surface area contributed by atoms with Crippen molar-refractivity contribution in [2.75, 3.05) is 0 Å². The molecule has 0 amide bonds. The predicted octanol–water partition coefficient (Wildman–Crippen LogP) is -6.89. The fraction of sp³-hybridized carbons (Fsp3) is 0.923. The van der Waals surface area contributed by atoms with Gasteiger partial charge in [0.1, 0.15) is 0 Å². The molecule has 0 saturated carbocycles. The number of aliphatic hydroxyl groups excluding tert-OH is 4. The van der Waals surface area contributed by atoms with Gasteiger partial charge in [0.15, 0.2) is 0 Å². The summed E-state index contributed by atoms with van der Waals surface area (Å²) < 4.78 is 0.